The molecule has 0 radical (unpaired) electrons. The molecule has 3 N–H and O–H groups in total. The number of aliphatic hydroxyl groups excluding tert-OH is 2. The minimum Gasteiger partial charge on any atom is -0.458 e. The smallest absolute Gasteiger partial charge is 0.303 e. The second-order valence-electron chi connectivity index (χ2n) is 8.85. The molecule has 6 atom stereocenters. The Hall–Kier alpha value is -1.17. The van der Waals surface area contributed by atoms with Gasteiger partial charge in [-0.3, -0.25) is 4.79 Å². The Morgan fingerprint density at radius 2 is 2.00 bits per heavy atom. The standard InChI is InChI=1S/C22H36O5/c1-13(2)22(26)7-6-19-15(4)10-17(12-23)11-18(27-16(5)24)8-14(3)9-20(25)21(19)22/h8,10,13,15,18-21,23,25-26H,6-7,9,11-12H2,1-5H3/b14-8+,17-10-/t15-,18-,19?,20+,21?,22+/m0/s1. The third-order valence-corrected chi connectivity index (χ3v) is 6.49. The van der Waals surface area contributed by atoms with E-state index in [0.717, 1.165) is 17.6 Å². The molecule has 154 valence electrons. The molecule has 0 aromatic carbocycles. The quantitative estimate of drug-likeness (QED) is 0.518. The van der Waals surface area contributed by atoms with Gasteiger partial charge in [-0.2, -0.15) is 0 Å². The van der Waals surface area contributed by atoms with Crippen molar-refractivity contribution in [3.05, 3.63) is 23.3 Å². The summed E-state index contributed by atoms with van der Waals surface area (Å²) in [6.07, 6.45) is 5.21. The molecule has 0 aliphatic heterocycles. The molecule has 0 spiro atoms. The molecule has 0 aromatic heterocycles. The van der Waals surface area contributed by atoms with Gasteiger partial charge < -0.3 is 20.1 Å². The Morgan fingerprint density at radius 1 is 1.33 bits per heavy atom. The average molecular weight is 381 g/mol. The highest BCUT2D eigenvalue weighted by molar-refractivity contribution is 5.66. The van der Waals surface area contributed by atoms with E-state index in [1.54, 1.807) is 0 Å². The normalized spacial score (nSPS) is 41.7. The Kier molecular flexibility index (Phi) is 7.28. The van der Waals surface area contributed by atoms with Gasteiger partial charge >= 0.3 is 5.97 Å². The fourth-order valence-corrected chi connectivity index (χ4v) is 5.13. The van der Waals surface area contributed by atoms with Crippen LogP contribution in [0, 0.1) is 23.7 Å². The van der Waals surface area contributed by atoms with E-state index in [-0.39, 0.29) is 36.2 Å². The number of esters is 1. The highest BCUT2D eigenvalue weighted by atomic mass is 16.5. The summed E-state index contributed by atoms with van der Waals surface area (Å²) in [5, 5.41) is 32.3. The summed E-state index contributed by atoms with van der Waals surface area (Å²) < 4.78 is 5.41. The van der Waals surface area contributed by atoms with Crippen LogP contribution >= 0.6 is 0 Å². The first-order valence-corrected chi connectivity index (χ1v) is 10.1. The largest absolute Gasteiger partial charge is 0.458 e. The van der Waals surface area contributed by atoms with Crippen molar-refractivity contribution in [2.24, 2.45) is 23.7 Å². The summed E-state index contributed by atoms with van der Waals surface area (Å²) in [5.74, 6) is -0.282. The molecule has 0 bridgehead atoms. The van der Waals surface area contributed by atoms with Gasteiger partial charge in [0.05, 0.1) is 18.3 Å². The van der Waals surface area contributed by atoms with Crippen LogP contribution < -0.4 is 0 Å². The fraction of sp³-hybridized carbons (Fsp3) is 0.773. The van der Waals surface area contributed by atoms with Crippen LogP contribution in [0.15, 0.2) is 23.3 Å². The van der Waals surface area contributed by atoms with Crippen molar-refractivity contribution in [3.63, 3.8) is 0 Å². The lowest BCUT2D eigenvalue weighted by molar-refractivity contribution is -0.144. The number of ether oxygens (including phenoxy) is 1. The van der Waals surface area contributed by atoms with Crippen LogP contribution in [0.1, 0.15) is 60.3 Å². The monoisotopic (exact) mass is 380 g/mol. The van der Waals surface area contributed by atoms with Crippen molar-refractivity contribution in [2.45, 2.75) is 78.1 Å². The predicted molar refractivity (Wildman–Crippen MR) is 105 cm³/mol. The van der Waals surface area contributed by atoms with Gasteiger partial charge in [-0.15, -0.1) is 0 Å². The number of hydrogen-bond donors (Lipinski definition) is 3. The Balaban J connectivity index is 2.45. The molecule has 27 heavy (non-hydrogen) atoms. The number of rotatable bonds is 3. The number of allylic oxidation sites excluding steroid dienone is 1. The van der Waals surface area contributed by atoms with E-state index in [2.05, 4.69) is 6.92 Å². The Morgan fingerprint density at radius 3 is 2.56 bits per heavy atom. The minimum absolute atomic E-state index is 0.0545. The lowest BCUT2D eigenvalue weighted by atomic mass is 9.71. The third-order valence-electron chi connectivity index (χ3n) is 6.49. The van der Waals surface area contributed by atoms with Crippen LogP contribution in [0.3, 0.4) is 0 Å². The molecule has 0 heterocycles. The molecule has 0 saturated heterocycles. The summed E-state index contributed by atoms with van der Waals surface area (Å²) in [7, 11) is 0. The molecule has 2 unspecified atom stereocenters. The van der Waals surface area contributed by atoms with Crippen molar-refractivity contribution in [3.8, 4) is 0 Å². The first kappa shape index (κ1) is 22.1. The van der Waals surface area contributed by atoms with Crippen LogP contribution in [-0.2, 0) is 9.53 Å². The van der Waals surface area contributed by atoms with Gasteiger partial charge in [-0.25, -0.2) is 0 Å². The van der Waals surface area contributed by atoms with Crippen LogP contribution in [0.2, 0.25) is 0 Å². The van der Waals surface area contributed by atoms with Crippen LogP contribution in [0.5, 0.6) is 0 Å². The molecule has 1 fully saturated rings. The van der Waals surface area contributed by atoms with Crippen LogP contribution in [-0.4, -0.2) is 45.7 Å². The van der Waals surface area contributed by atoms with Gasteiger partial charge in [0, 0.05) is 19.3 Å². The summed E-state index contributed by atoms with van der Waals surface area (Å²) in [5.41, 5.74) is 0.861. The van der Waals surface area contributed by atoms with E-state index in [1.165, 1.54) is 6.92 Å². The number of carbonyl (C=O) groups excluding carboxylic acids is 1. The summed E-state index contributed by atoms with van der Waals surface area (Å²) >= 11 is 0. The van der Waals surface area contributed by atoms with Gasteiger partial charge in [-0.1, -0.05) is 32.4 Å². The highest BCUT2D eigenvalue weighted by Gasteiger charge is 2.53. The number of hydrogen-bond acceptors (Lipinski definition) is 5. The van der Waals surface area contributed by atoms with E-state index in [9.17, 15) is 20.1 Å². The predicted octanol–water partition coefficient (Wildman–Crippen LogP) is 2.99. The van der Waals surface area contributed by atoms with E-state index >= 15 is 0 Å². The van der Waals surface area contributed by atoms with E-state index in [4.69, 9.17) is 4.74 Å². The molecular weight excluding hydrogens is 344 g/mol. The van der Waals surface area contributed by atoms with Crippen molar-refractivity contribution in [1.82, 2.24) is 0 Å². The molecule has 2 aliphatic carbocycles. The number of aliphatic hydroxyl groups is 3. The second-order valence-corrected chi connectivity index (χ2v) is 8.85. The first-order chi connectivity index (χ1) is 12.6. The lowest BCUT2D eigenvalue weighted by Gasteiger charge is -2.40. The molecule has 5 heteroatoms. The SMILES string of the molecule is CC(=O)O[C@H]1/C=C(\C)C[C@@H](O)C2C(CC[C@@]2(O)C(C)C)[C@@H](C)/C=C(\CO)C1. The zero-order valence-corrected chi connectivity index (χ0v) is 17.3. The number of fused-ring (bicyclic) bond motifs is 1. The van der Waals surface area contributed by atoms with Gasteiger partial charge in [0.25, 0.3) is 0 Å². The highest BCUT2D eigenvalue weighted by Crippen LogP contribution is 2.50. The first-order valence-electron chi connectivity index (χ1n) is 10.1. The minimum atomic E-state index is -0.894. The third kappa shape index (κ3) is 5.01. The summed E-state index contributed by atoms with van der Waals surface area (Å²) in [4.78, 5) is 11.5. The van der Waals surface area contributed by atoms with Gasteiger partial charge in [-0.05, 0) is 55.6 Å². The fourth-order valence-electron chi connectivity index (χ4n) is 5.13. The van der Waals surface area contributed by atoms with Crippen LogP contribution in [0.4, 0.5) is 0 Å². The maximum absolute atomic E-state index is 11.5. The van der Waals surface area contributed by atoms with E-state index in [1.807, 2.05) is 32.9 Å². The van der Waals surface area contributed by atoms with E-state index < -0.39 is 17.8 Å². The number of carbonyl (C=O) groups is 1. The molecule has 1 saturated carbocycles. The van der Waals surface area contributed by atoms with Crippen molar-refractivity contribution < 1.29 is 24.9 Å². The molecule has 0 amide bonds. The topological polar surface area (TPSA) is 87.0 Å². The molecule has 2 aliphatic rings. The molecule has 5 nitrogen and oxygen atoms in total. The molecule has 2 rings (SSSR count). The van der Waals surface area contributed by atoms with Gasteiger partial charge in [0.15, 0.2) is 0 Å². The Bertz CT molecular complexity index is 594. The maximum Gasteiger partial charge on any atom is 0.303 e. The van der Waals surface area contributed by atoms with Crippen molar-refractivity contribution >= 4 is 5.97 Å². The van der Waals surface area contributed by atoms with Gasteiger partial charge in [0.1, 0.15) is 6.10 Å². The van der Waals surface area contributed by atoms with Gasteiger partial charge in [0.2, 0.25) is 0 Å². The zero-order valence-electron chi connectivity index (χ0n) is 17.3. The second kappa shape index (κ2) is 8.89. The maximum atomic E-state index is 11.5. The van der Waals surface area contributed by atoms with E-state index in [0.29, 0.717) is 19.3 Å². The lowest BCUT2D eigenvalue weighted by Crippen LogP contribution is -2.47. The average Bonchev–Trinajstić information content (AvgIpc) is 2.91. The van der Waals surface area contributed by atoms with Crippen LogP contribution in [0.25, 0.3) is 0 Å². The molecule has 0 aromatic rings. The molecular formula is C22H36O5. The van der Waals surface area contributed by atoms with Crippen molar-refractivity contribution in [1.29, 1.82) is 0 Å². The Labute approximate surface area is 163 Å². The van der Waals surface area contributed by atoms with Crippen molar-refractivity contribution in [2.75, 3.05) is 6.61 Å². The zero-order chi connectivity index (χ0) is 20.4. The summed E-state index contributed by atoms with van der Waals surface area (Å²) in [6, 6.07) is 0. The summed E-state index contributed by atoms with van der Waals surface area (Å²) in [6.45, 7) is 9.32.